The number of para-hydroxylation sites is 2. The van der Waals surface area contributed by atoms with E-state index < -0.39 is 28.5 Å². The molecule has 0 aliphatic rings. The number of benzene rings is 3. The molecule has 0 saturated heterocycles. The van der Waals surface area contributed by atoms with Crippen LogP contribution < -0.4 is 10.1 Å². The van der Waals surface area contributed by atoms with Crippen molar-refractivity contribution in [1.82, 2.24) is 4.31 Å². The number of hydrogen-bond donors (Lipinski definition) is 1. The Morgan fingerprint density at radius 3 is 2.12 bits per heavy atom. The van der Waals surface area contributed by atoms with E-state index in [1.54, 1.807) is 50.2 Å². The molecule has 1 amide bonds. The number of hydrogen-bond acceptors (Lipinski definition) is 6. The zero-order valence-corrected chi connectivity index (χ0v) is 19.7. The Morgan fingerprint density at radius 1 is 0.853 bits per heavy atom. The number of carbonyl (C=O) groups is 2. The lowest BCUT2D eigenvalue weighted by atomic mass is 10.2. The van der Waals surface area contributed by atoms with Gasteiger partial charge in [0.2, 0.25) is 10.0 Å². The van der Waals surface area contributed by atoms with Crippen molar-refractivity contribution < 1.29 is 27.5 Å². The first kappa shape index (κ1) is 24.9. The summed E-state index contributed by atoms with van der Waals surface area (Å²) in [4.78, 5) is 24.9. The van der Waals surface area contributed by atoms with Gasteiger partial charge in [0, 0.05) is 18.8 Å². The van der Waals surface area contributed by atoms with E-state index in [1.807, 2.05) is 18.2 Å². The van der Waals surface area contributed by atoms with Gasteiger partial charge in [-0.25, -0.2) is 13.2 Å². The molecule has 3 rings (SSSR count). The highest BCUT2D eigenvalue weighted by atomic mass is 32.2. The Kier molecular flexibility index (Phi) is 8.39. The summed E-state index contributed by atoms with van der Waals surface area (Å²) in [5.74, 6) is -0.396. The average molecular weight is 483 g/mol. The molecule has 0 spiro atoms. The van der Waals surface area contributed by atoms with Gasteiger partial charge in [-0.3, -0.25) is 4.79 Å². The van der Waals surface area contributed by atoms with E-state index in [0.717, 1.165) is 0 Å². The molecule has 3 aromatic rings. The van der Waals surface area contributed by atoms with E-state index in [2.05, 4.69) is 5.32 Å². The van der Waals surface area contributed by atoms with Crippen LogP contribution in [0.2, 0.25) is 0 Å². The standard InChI is InChI=1S/C25H26N2O6S/c1-3-27(4-2)34(30,31)21-16-14-19(15-17-21)26-24(28)18-32-25(29)22-12-8-9-13-23(22)33-20-10-6-5-7-11-20/h5-17H,3-4,18H2,1-2H3,(H,26,28). The Morgan fingerprint density at radius 2 is 1.47 bits per heavy atom. The molecule has 8 nitrogen and oxygen atoms in total. The molecular weight excluding hydrogens is 456 g/mol. The average Bonchev–Trinajstić information content (AvgIpc) is 2.84. The molecule has 0 aliphatic carbocycles. The zero-order chi connectivity index (χ0) is 24.6. The number of anilines is 1. The second-order valence-electron chi connectivity index (χ2n) is 7.15. The summed E-state index contributed by atoms with van der Waals surface area (Å²) in [5, 5.41) is 2.58. The van der Waals surface area contributed by atoms with Crippen molar-refractivity contribution in [2.75, 3.05) is 25.0 Å². The third kappa shape index (κ3) is 6.21. The minimum Gasteiger partial charge on any atom is -0.456 e. The van der Waals surface area contributed by atoms with Gasteiger partial charge in [0.25, 0.3) is 5.91 Å². The van der Waals surface area contributed by atoms with Crippen molar-refractivity contribution >= 4 is 27.6 Å². The molecule has 178 valence electrons. The predicted molar refractivity (Wildman–Crippen MR) is 128 cm³/mol. The van der Waals surface area contributed by atoms with Crippen molar-refractivity contribution in [3.63, 3.8) is 0 Å². The third-order valence-corrected chi connectivity index (χ3v) is 6.96. The first-order valence-electron chi connectivity index (χ1n) is 10.7. The van der Waals surface area contributed by atoms with Crippen LogP contribution in [0, 0.1) is 0 Å². The quantitative estimate of drug-likeness (QED) is 0.432. The summed E-state index contributed by atoms with van der Waals surface area (Å²) in [7, 11) is -3.59. The number of carbonyl (C=O) groups excluding carboxylic acids is 2. The minimum atomic E-state index is -3.59. The van der Waals surface area contributed by atoms with Crippen LogP contribution >= 0.6 is 0 Å². The summed E-state index contributed by atoms with van der Waals surface area (Å²) in [6.45, 7) is 3.74. The number of amides is 1. The highest BCUT2D eigenvalue weighted by Gasteiger charge is 2.21. The van der Waals surface area contributed by atoms with Gasteiger partial charge in [0.05, 0.1) is 4.90 Å². The highest BCUT2D eigenvalue weighted by molar-refractivity contribution is 7.89. The van der Waals surface area contributed by atoms with Crippen LogP contribution in [0.3, 0.4) is 0 Å². The molecule has 0 heterocycles. The van der Waals surface area contributed by atoms with Gasteiger partial charge < -0.3 is 14.8 Å². The summed E-state index contributed by atoms with van der Waals surface area (Å²) < 4.78 is 37.4. The summed E-state index contributed by atoms with van der Waals surface area (Å²) in [6, 6.07) is 21.4. The molecule has 9 heteroatoms. The molecule has 1 N–H and O–H groups in total. The number of nitrogens with zero attached hydrogens (tertiary/aromatic N) is 1. The number of rotatable bonds is 10. The van der Waals surface area contributed by atoms with Crippen molar-refractivity contribution in [2.24, 2.45) is 0 Å². The molecule has 0 aromatic heterocycles. The van der Waals surface area contributed by atoms with Crippen LogP contribution in [-0.4, -0.2) is 44.3 Å². The van der Waals surface area contributed by atoms with E-state index in [0.29, 0.717) is 30.3 Å². The number of ether oxygens (including phenoxy) is 2. The number of sulfonamides is 1. The summed E-state index contributed by atoms with van der Waals surface area (Å²) in [6.07, 6.45) is 0. The van der Waals surface area contributed by atoms with Crippen LogP contribution in [0.5, 0.6) is 11.5 Å². The van der Waals surface area contributed by atoms with E-state index >= 15 is 0 Å². The number of esters is 1. The van der Waals surface area contributed by atoms with Gasteiger partial charge in [-0.05, 0) is 48.5 Å². The Bertz CT molecular complexity index is 1220. The minimum absolute atomic E-state index is 0.135. The third-order valence-electron chi connectivity index (χ3n) is 4.89. The van der Waals surface area contributed by atoms with Crippen molar-refractivity contribution in [3.05, 3.63) is 84.4 Å². The Hall–Kier alpha value is -3.69. The molecule has 0 unspecified atom stereocenters. The molecule has 34 heavy (non-hydrogen) atoms. The maximum Gasteiger partial charge on any atom is 0.342 e. The van der Waals surface area contributed by atoms with Gasteiger partial charge in [0.15, 0.2) is 6.61 Å². The van der Waals surface area contributed by atoms with Crippen molar-refractivity contribution in [2.45, 2.75) is 18.7 Å². The first-order chi connectivity index (χ1) is 16.3. The van der Waals surface area contributed by atoms with E-state index in [-0.39, 0.29) is 10.5 Å². The lowest BCUT2D eigenvalue weighted by Gasteiger charge is -2.18. The topological polar surface area (TPSA) is 102 Å². The van der Waals surface area contributed by atoms with E-state index in [9.17, 15) is 18.0 Å². The monoisotopic (exact) mass is 482 g/mol. The molecule has 0 bridgehead atoms. The summed E-state index contributed by atoms with van der Waals surface area (Å²) in [5.41, 5.74) is 0.567. The fourth-order valence-electron chi connectivity index (χ4n) is 3.17. The fraction of sp³-hybridized carbons (Fsp3) is 0.200. The molecule has 0 aliphatic heterocycles. The van der Waals surface area contributed by atoms with Gasteiger partial charge in [0.1, 0.15) is 17.1 Å². The van der Waals surface area contributed by atoms with Crippen LogP contribution in [0.4, 0.5) is 5.69 Å². The lowest BCUT2D eigenvalue weighted by molar-refractivity contribution is -0.119. The van der Waals surface area contributed by atoms with Gasteiger partial charge in [-0.1, -0.05) is 44.2 Å². The maximum absolute atomic E-state index is 12.6. The lowest BCUT2D eigenvalue weighted by Crippen LogP contribution is -2.30. The van der Waals surface area contributed by atoms with Crippen molar-refractivity contribution in [1.29, 1.82) is 0 Å². The molecule has 0 radical (unpaired) electrons. The van der Waals surface area contributed by atoms with Gasteiger partial charge in [-0.2, -0.15) is 4.31 Å². The molecule has 0 saturated carbocycles. The largest absolute Gasteiger partial charge is 0.456 e. The summed E-state index contributed by atoms with van der Waals surface area (Å²) >= 11 is 0. The van der Waals surface area contributed by atoms with Crippen molar-refractivity contribution in [3.8, 4) is 11.5 Å². The van der Waals surface area contributed by atoms with Crippen LogP contribution in [-0.2, 0) is 19.6 Å². The van der Waals surface area contributed by atoms with Crippen LogP contribution in [0.25, 0.3) is 0 Å². The van der Waals surface area contributed by atoms with Gasteiger partial charge in [-0.15, -0.1) is 0 Å². The number of nitrogens with one attached hydrogen (secondary N) is 1. The predicted octanol–water partition coefficient (Wildman–Crippen LogP) is 4.30. The Labute approximate surface area is 199 Å². The normalized spacial score (nSPS) is 11.1. The molecule has 0 fully saturated rings. The Balaban J connectivity index is 1.59. The van der Waals surface area contributed by atoms with Crippen LogP contribution in [0.15, 0.2) is 83.8 Å². The molecule has 3 aromatic carbocycles. The molecule has 0 atom stereocenters. The smallest absolute Gasteiger partial charge is 0.342 e. The highest BCUT2D eigenvalue weighted by Crippen LogP contribution is 2.25. The maximum atomic E-state index is 12.6. The van der Waals surface area contributed by atoms with Crippen LogP contribution in [0.1, 0.15) is 24.2 Å². The van der Waals surface area contributed by atoms with Gasteiger partial charge >= 0.3 is 5.97 Å². The fourth-order valence-corrected chi connectivity index (χ4v) is 4.63. The first-order valence-corrected chi connectivity index (χ1v) is 12.2. The second-order valence-corrected chi connectivity index (χ2v) is 9.09. The second kappa shape index (κ2) is 11.4. The SMILES string of the molecule is CCN(CC)S(=O)(=O)c1ccc(NC(=O)COC(=O)c2ccccc2Oc2ccccc2)cc1. The van der Waals surface area contributed by atoms with E-state index in [4.69, 9.17) is 9.47 Å². The zero-order valence-electron chi connectivity index (χ0n) is 18.9. The van der Waals surface area contributed by atoms with E-state index in [1.165, 1.54) is 28.6 Å². The molecular formula is C25H26N2O6S.